The molecule has 4 nitrogen and oxygen atoms in total. The van der Waals surface area contributed by atoms with Crippen LogP contribution in [-0.4, -0.2) is 23.4 Å². The number of aromatic nitrogens is 2. The van der Waals surface area contributed by atoms with Crippen LogP contribution in [0.15, 0.2) is 36.7 Å². The molecule has 0 atom stereocenters. The lowest BCUT2D eigenvalue weighted by molar-refractivity contribution is 0.415. The van der Waals surface area contributed by atoms with Crippen LogP contribution in [0.1, 0.15) is 5.56 Å². The molecule has 17 heavy (non-hydrogen) atoms. The molecule has 0 radical (unpaired) electrons. The number of hydrogen-bond acceptors (Lipinski definition) is 3. The number of anilines is 1. The first-order valence-electron chi connectivity index (χ1n) is 5.63. The molecule has 0 bridgehead atoms. The minimum Gasteiger partial charge on any atom is -0.497 e. The Bertz CT molecular complexity index is 479. The van der Waals surface area contributed by atoms with Crippen LogP contribution in [-0.2, 0) is 13.5 Å². The molecule has 2 rings (SSSR count). The highest BCUT2D eigenvalue weighted by molar-refractivity contribution is 5.48. The SMILES string of the molecule is COc1cccc(NCCc2cnn(C)c2)c1. The Morgan fingerprint density at radius 1 is 1.41 bits per heavy atom. The molecule has 2 aromatic rings. The molecule has 0 aliphatic rings. The summed E-state index contributed by atoms with van der Waals surface area (Å²) in [4.78, 5) is 0. The van der Waals surface area contributed by atoms with E-state index in [1.165, 1.54) is 5.56 Å². The number of ether oxygens (including phenoxy) is 1. The first-order chi connectivity index (χ1) is 8.28. The van der Waals surface area contributed by atoms with Gasteiger partial charge in [0.05, 0.1) is 13.3 Å². The summed E-state index contributed by atoms with van der Waals surface area (Å²) in [6, 6.07) is 7.94. The van der Waals surface area contributed by atoms with Crippen LogP contribution in [0, 0.1) is 0 Å². The van der Waals surface area contributed by atoms with E-state index in [0.29, 0.717) is 0 Å². The van der Waals surface area contributed by atoms with E-state index in [9.17, 15) is 0 Å². The van der Waals surface area contributed by atoms with E-state index in [1.807, 2.05) is 48.4 Å². The summed E-state index contributed by atoms with van der Waals surface area (Å²) in [5.74, 6) is 0.872. The van der Waals surface area contributed by atoms with Gasteiger partial charge in [-0.1, -0.05) is 6.07 Å². The van der Waals surface area contributed by atoms with Crippen molar-refractivity contribution in [2.24, 2.45) is 7.05 Å². The zero-order chi connectivity index (χ0) is 12.1. The van der Waals surface area contributed by atoms with Crippen molar-refractivity contribution in [3.05, 3.63) is 42.2 Å². The van der Waals surface area contributed by atoms with Gasteiger partial charge in [-0.15, -0.1) is 0 Å². The van der Waals surface area contributed by atoms with Crippen LogP contribution >= 0.6 is 0 Å². The monoisotopic (exact) mass is 231 g/mol. The number of benzene rings is 1. The molecule has 0 spiro atoms. The van der Waals surface area contributed by atoms with Crippen LogP contribution in [0.2, 0.25) is 0 Å². The second-order valence-electron chi connectivity index (χ2n) is 3.93. The van der Waals surface area contributed by atoms with Crippen LogP contribution in [0.25, 0.3) is 0 Å². The molecule has 0 fully saturated rings. The fourth-order valence-electron chi connectivity index (χ4n) is 1.69. The van der Waals surface area contributed by atoms with Gasteiger partial charge < -0.3 is 10.1 Å². The van der Waals surface area contributed by atoms with Gasteiger partial charge in [-0.2, -0.15) is 5.10 Å². The smallest absolute Gasteiger partial charge is 0.120 e. The molecule has 1 heterocycles. The third-order valence-electron chi connectivity index (χ3n) is 2.57. The van der Waals surface area contributed by atoms with Crippen LogP contribution < -0.4 is 10.1 Å². The highest BCUT2D eigenvalue weighted by Gasteiger charge is 1.97. The molecule has 1 aromatic carbocycles. The van der Waals surface area contributed by atoms with Crippen LogP contribution in [0.4, 0.5) is 5.69 Å². The quantitative estimate of drug-likeness (QED) is 0.856. The largest absolute Gasteiger partial charge is 0.497 e. The van der Waals surface area contributed by atoms with E-state index < -0.39 is 0 Å². The standard InChI is InChI=1S/C13H17N3O/c1-16-10-11(9-15-16)6-7-14-12-4-3-5-13(8-12)17-2/h3-5,8-10,14H,6-7H2,1-2H3. The molecule has 4 heteroatoms. The van der Waals surface area contributed by atoms with Crippen molar-refractivity contribution in [2.75, 3.05) is 19.0 Å². The number of aryl methyl sites for hydroxylation is 1. The van der Waals surface area contributed by atoms with Crippen molar-refractivity contribution in [3.63, 3.8) is 0 Å². The fourth-order valence-corrected chi connectivity index (χ4v) is 1.69. The Morgan fingerprint density at radius 2 is 2.29 bits per heavy atom. The van der Waals surface area contributed by atoms with Gasteiger partial charge in [0.2, 0.25) is 0 Å². The zero-order valence-electron chi connectivity index (χ0n) is 10.2. The van der Waals surface area contributed by atoms with Gasteiger partial charge >= 0.3 is 0 Å². The van der Waals surface area contributed by atoms with Crippen molar-refractivity contribution in [2.45, 2.75) is 6.42 Å². The van der Waals surface area contributed by atoms with Crippen LogP contribution in [0.3, 0.4) is 0 Å². The summed E-state index contributed by atoms with van der Waals surface area (Å²) in [6.07, 6.45) is 4.89. The predicted octanol–water partition coefficient (Wildman–Crippen LogP) is 2.08. The van der Waals surface area contributed by atoms with Crippen molar-refractivity contribution in [3.8, 4) is 5.75 Å². The van der Waals surface area contributed by atoms with Gasteiger partial charge in [-0.25, -0.2) is 0 Å². The van der Waals surface area contributed by atoms with E-state index in [2.05, 4.69) is 10.4 Å². The molecule has 0 unspecified atom stereocenters. The first-order valence-corrected chi connectivity index (χ1v) is 5.63. The molecule has 90 valence electrons. The maximum absolute atomic E-state index is 5.17. The summed E-state index contributed by atoms with van der Waals surface area (Å²) in [6.45, 7) is 0.888. The maximum atomic E-state index is 5.17. The second-order valence-corrected chi connectivity index (χ2v) is 3.93. The minimum absolute atomic E-state index is 0.872. The predicted molar refractivity (Wildman–Crippen MR) is 68.4 cm³/mol. The molecular weight excluding hydrogens is 214 g/mol. The van der Waals surface area contributed by atoms with Crippen molar-refractivity contribution in [1.82, 2.24) is 9.78 Å². The van der Waals surface area contributed by atoms with Gasteiger partial charge in [0.25, 0.3) is 0 Å². The summed E-state index contributed by atoms with van der Waals surface area (Å²) in [7, 11) is 3.60. The fraction of sp³-hybridized carbons (Fsp3) is 0.308. The number of nitrogens with one attached hydrogen (secondary N) is 1. The van der Waals surface area contributed by atoms with Gasteiger partial charge in [-0.05, 0) is 24.1 Å². The van der Waals surface area contributed by atoms with E-state index in [4.69, 9.17) is 4.74 Å². The van der Waals surface area contributed by atoms with Crippen molar-refractivity contribution in [1.29, 1.82) is 0 Å². The van der Waals surface area contributed by atoms with Crippen LogP contribution in [0.5, 0.6) is 5.75 Å². The number of methoxy groups -OCH3 is 1. The average Bonchev–Trinajstić information content (AvgIpc) is 2.75. The molecule has 1 N–H and O–H groups in total. The van der Waals surface area contributed by atoms with E-state index in [0.717, 1.165) is 24.4 Å². The Kier molecular flexibility index (Phi) is 3.65. The number of hydrogen-bond donors (Lipinski definition) is 1. The number of nitrogens with zero attached hydrogens (tertiary/aromatic N) is 2. The van der Waals surface area contributed by atoms with Crippen molar-refractivity contribution >= 4 is 5.69 Å². The molecule has 1 aromatic heterocycles. The molecule has 0 saturated carbocycles. The third-order valence-corrected chi connectivity index (χ3v) is 2.57. The highest BCUT2D eigenvalue weighted by Crippen LogP contribution is 2.16. The third kappa shape index (κ3) is 3.24. The normalized spacial score (nSPS) is 10.2. The highest BCUT2D eigenvalue weighted by atomic mass is 16.5. The van der Waals surface area contributed by atoms with Gasteiger partial charge in [0.1, 0.15) is 5.75 Å². The van der Waals surface area contributed by atoms with E-state index >= 15 is 0 Å². The first kappa shape index (κ1) is 11.5. The zero-order valence-corrected chi connectivity index (χ0v) is 10.2. The molecule has 0 aliphatic heterocycles. The maximum Gasteiger partial charge on any atom is 0.120 e. The summed E-state index contributed by atoms with van der Waals surface area (Å²) in [5.41, 5.74) is 2.32. The van der Waals surface area contributed by atoms with Crippen molar-refractivity contribution < 1.29 is 4.74 Å². The Labute approximate surface area is 101 Å². The summed E-state index contributed by atoms with van der Waals surface area (Å²) in [5, 5.41) is 7.50. The molecule has 0 saturated heterocycles. The van der Waals surface area contributed by atoms with E-state index in [1.54, 1.807) is 7.11 Å². The molecule has 0 aliphatic carbocycles. The van der Waals surface area contributed by atoms with Gasteiger partial charge in [-0.3, -0.25) is 4.68 Å². The second kappa shape index (κ2) is 5.39. The molecular formula is C13H17N3O. The Hall–Kier alpha value is -1.97. The average molecular weight is 231 g/mol. The van der Waals surface area contributed by atoms with Gasteiger partial charge in [0, 0.05) is 31.5 Å². The number of rotatable bonds is 5. The van der Waals surface area contributed by atoms with Gasteiger partial charge in [0.15, 0.2) is 0 Å². The summed E-state index contributed by atoms with van der Waals surface area (Å²) < 4.78 is 6.99. The topological polar surface area (TPSA) is 39.1 Å². The Balaban J connectivity index is 1.85. The lowest BCUT2D eigenvalue weighted by Crippen LogP contribution is -2.04. The lowest BCUT2D eigenvalue weighted by Gasteiger charge is -2.07. The Morgan fingerprint density at radius 3 is 3.00 bits per heavy atom. The minimum atomic E-state index is 0.872. The molecule has 0 amide bonds. The summed E-state index contributed by atoms with van der Waals surface area (Å²) >= 11 is 0. The lowest BCUT2D eigenvalue weighted by atomic mass is 10.2. The van der Waals surface area contributed by atoms with E-state index in [-0.39, 0.29) is 0 Å².